The summed E-state index contributed by atoms with van der Waals surface area (Å²) in [6.45, 7) is 2.53. The molecular formula is C11H15ClN4O2. The Morgan fingerprint density at radius 1 is 1.50 bits per heavy atom. The van der Waals surface area contributed by atoms with Crippen molar-refractivity contribution in [1.29, 1.82) is 0 Å². The van der Waals surface area contributed by atoms with Crippen LogP contribution in [0.3, 0.4) is 0 Å². The minimum Gasteiger partial charge on any atom is -0.461 e. The van der Waals surface area contributed by atoms with Crippen molar-refractivity contribution in [2.24, 2.45) is 5.73 Å². The molecule has 2 aromatic heterocycles. The van der Waals surface area contributed by atoms with Gasteiger partial charge in [-0.05, 0) is 18.6 Å². The van der Waals surface area contributed by atoms with Gasteiger partial charge < -0.3 is 14.7 Å². The number of furan rings is 1. The Morgan fingerprint density at radius 2 is 2.39 bits per heavy atom. The fourth-order valence-corrected chi connectivity index (χ4v) is 2.02. The first-order chi connectivity index (χ1) is 8.31. The summed E-state index contributed by atoms with van der Waals surface area (Å²) < 4.78 is 10.4. The highest BCUT2D eigenvalue weighted by Crippen LogP contribution is 2.17. The first kappa shape index (κ1) is 13.1. The Balaban J connectivity index is 0.00000120. The van der Waals surface area contributed by atoms with Crippen molar-refractivity contribution in [3.63, 3.8) is 0 Å². The van der Waals surface area contributed by atoms with Crippen molar-refractivity contribution in [2.75, 3.05) is 13.1 Å². The van der Waals surface area contributed by atoms with Crippen molar-refractivity contribution < 1.29 is 8.94 Å². The molecule has 0 saturated carbocycles. The molecule has 0 amide bonds. The van der Waals surface area contributed by atoms with E-state index in [1.54, 1.807) is 18.4 Å². The number of nitrogens with two attached hydrogens (primary N) is 1. The molecule has 1 fully saturated rings. The molecule has 0 bridgehead atoms. The summed E-state index contributed by atoms with van der Waals surface area (Å²) in [4.78, 5) is 6.50. The van der Waals surface area contributed by atoms with E-state index in [4.69, 9.17) is 14.7 Å². The lowest BCUT2D eigenvalue weighted by Gasteiger charge is -2.10. The van der Waals surface area contributed by atoms with Crippen LogP contribution in [0.4, 0.5) is 0 Å². The SMILES string of the molecule is Cl.N[C@H]1CCN(Cc2nc(-c3ccco3)no2)C1. The van der Waals surface area contributed by atoms with Gasteiger partial charge in [0.1, 0.15) is 0 Å². The first-order valence-electron chi connectivity index (χ1n) is 5.65. The van der Waals surface area contributed by atoms with Crippen molar-refractivity contribution in [1.82, 2.24) is 15.0 Å². The van der Waals surface area contributed by atoms with E-state index in [0.717, 1.165) is 19.5 Å². The second-order valence-corrected chi connectivity index (χ2v) is 4.27. The average molecular weight is 271 g/mol. The third-order valence-electron chi connectivity index (χ3n) is 2.88. The number of likely N-dealkylation sites (tertiary alicyclic amines) is 1. The highest BCUT2D eigenvalue weighted by molar-refractivity contribution is 5.85. The van der Waals surface area contributed by atoms with Crippen LogP contribution >= 0.6 is 12.4 Å². The van der Waals surface area contributed by atoms with Crippen LogP contribution in [0.5, 0.6) is 0 Å². The maximum absolute atomic E-state index is 5.84. The van der Waals surface area contributed by atoms with Crippen molar-refractivity contribution in [3.8, 4) is 11.6 Å². The van der Waals surface area contributed by atoms with Crippen LogP contribution in [0.25, 0.3) is 11.6 Å². The van der Waals surface area contributed by atoms with Gasteiger partial charge in [0.2, 0.25) is 11.7 Å². The third kappa shape index (κ3) is 2.72. The van der Waals surface area contributed by atoms with Crippen LogP contribution in [-0.2, 0) is 6.54 Å². The summed E-state index contributed by atoms with van der Waals surface area (Å²) in [7, 11) is 0. The molecule has 2 N–H and O–H groups in total. The minimum absolute atomic E-state index is 0. The Bertz CT molecular complexity index is 485. The third-order valence-corrected chi connectivity index (χ3v) is 2.88. The Morgan fingerprint density at radius 3 is 3.06 bits per heavy atom. The molecule has 1 saturated heterocycles. The molecule has 2 aromatic rings. The molecular weight excluding hydrogens is 256 g/mol. The molecule has 0 spiro atoms. The van der Waals surface area contributed by atoms with Gasteiger partial charge in [-0.3, -0.25) is 4.90 Å². The van der Waals surface area contributed by atoms with Crippen molar-refractivity contribution in [2.45, 2.75) is 19.0 Å². The number of nitrogens with zero attached hydrogens (tertiary/aromatic N) is 3. The second-order valence-electron chi connectivity index (χ2n) is 4.27. The van der Waals surface area contributed by atoms with Crippen LogP contribution in [0.2, 0.25) is 0 Å². The van der Waals surface area contributed by atoms with E-state index in [9.17, 15) is 0 Å². The summed E-state index contributed by atoms with van der Waals surface area (Å²) in [5, 5.41) is 3.88. The van der Waals surface area contributed by atoms with E-state index in [0.29, 0.717) is 24.0 Å². The Hall–Kier alpha value is -1.37. The fraction of sp³-hybridized carbons (Fsp3) is 0.455. The second kappa shape index (κ2) is 5.51. The van der Waals surface area contributed by atoms with Crippen LogP contribution < -0.4 is 5.73 Å². The molecule has 6 nitrogen and oxygen atoms in total. The van der Waals surface area contributed by atoms with Crippen LogP contribution in [0, 0.1) is 0 Å². The molecule has 0 aliphatic carbocycles. The Kier molecular flexibility index (Phi) is 4.00. The standard InChI is InChI=1S/C11H14N4O2.ClH/c12-8-3-4-15(6-8)7-10-13-11(14-17-10)9-2-1-5-16-9;/h1-2,5,8H,3-4,6-7,12H2;1H/t8-;/m0./s1. The van der Waals surface area contributed by atoms with Gasteiger partial charge in [0.25, 0.3) is 0 Å². The zero-order valence-electron chi connectivity index (χ0n) is 9.78. The van der Waals surface area contributed by atoms with Gasteiger partial charge >= 0.3 is 0 Å². The van der Waals surface area contributed by atoms with Gasteiger partial charge in [-0.15, -0.1) is 12.4 Å². The van der Waals surface area contributed by atoms with Gasteiger partial charge in [-0.25, -0.2) is 0 Å². The fourth-order valence-electron chi connectivity index (χ4n) is 2.02. The molecule has 98 valence electrons. The smallest absolute Gasteiger partial charge is 0.241 e. The van der Waals surface area contributed by atoms with Crippen LogP contribution in [0.1, 0.15) is 12.3 Å². The molecule has 0 unspecified atom stereocenters. The minimum atomic E-state index is 0. The monoisotopic (exact) mass is 270 g/mol. The number of hydrogen-bond donors (Lipinski definition) is 1. The molecule has 1 aliphatic heterocycles. The summed E-state index contributed by atoms with van der Waals surface area (Å²) in [5.74, 6) is 1.72. The lowest BCUT2D eigenvalue weighted by molar-refractivity contribution is 0.265. The lowest BCUT2D eigenvalue weighted by atomic mass is 10.3. The molecule has 7 heteroatoms. The molecule has 1 atom stereocenters. The molecule has 0 aromatic carbocycles. The van der Waals surface area contributed by atoms with E-state index in [-0.39, 0.29) is 18.4 Å². The molecule has 18 heavy (non-hydrogen) atoms. The summed E-state index contributed by atoms with van der Waals surface area (Å²) in [6.07, 6.45) is 2.62. The van der Waals surface area contributed by atoms with Gasteiger partial charge in [0, 0.05) is 19.1 Å². The van der Waals surface area contributed by atoms with Gasteiger partial charge in [-0.1, -0.05) is 5.16 Å². The van der Waals surface area contributed by atoms with E-state index < -0.39 is 0 Å². The largest absolute Gasteiger partial charge is 0.461 e. The maximum Gasteiger partial charge on any atom is 0.241 e. The normalized spacial score (nSPS) is 19.9. The number of halogens is 1. The summed E-state index contributed by atoms with van der Waals surface area (Å²) in [5.41, 5.74) is 5.84. The topological polar surface area (TPSA) is 81.3 Å². The van der Waals surface area contributed by atoms with E-state index in [1.807, 2.05) is 0 Å². The maximum atomic E-state index is 5.84. The van der Waals surface area contributed by atoms with E-state index >= 15 is 0 Å². The van der Waals surface area contributed by atoms with E-state index in [1.165, 1.54) is 0 Å². The first-order valence-corrected chi connectivity index (χ1v) is 5.65. The molecule has 3 heterocycles. The quantitative estimate of drug-likeness (QED) is 0.905. The van der Waals surface area contributed by atoms with Crippen molar-refractivity contribution in [3.05, 3.63) is 24.3 Å². The lowest BCUT2D eigenvalue weighted by Crippen LogP contribution is -2.26. The van der Waals surface area contributed by atoms with Gasteiger partial charge in [0.15, 0.2) is 5.76 Å². The van der Waals surface area contributed by atoms with Crippen molar-refractivity contribution >= 4 is 12.4 Å². The number of hydrogen-bond acceptors (Lipinski definition) is 6. The molecule has 0 radical (unpaired) electrons. The predicted octanol–water partition coefficient (Wildman–Crippen LogP) is 1.28. The zero-order chi connectivity index (χ0) is 11.7. The van der Waals surface area contributed by atoms with Gasteiger partial charge in [-0.2, -0.15) is 4.98 Å². The molecule has 1 aliphatic rings. The number of rotatable bonds is 3. The molecule has 3 rings (SSSR count). The average Bonchev–Trinajstić information content (AvgIpc) is 3.00. The zero-order valence-corrected chi connectivity index (χ0v) is 10.6. The summed E-state index contributed by atoms with van der Waals surface area (Å²) in [6, 6.07) is 3.87. The van der Waals surface area contributed by atoms with Crippen LogP contribution in [-0.4, -0.2) is 34.2 Å². The Labute approximate surface area is 111 Å². The highest BCUT2D eigenvalue weighted by atomic mass is 35.5. The number of aromatic nitrogens is 2. The predicted molar refractivity (Wildman–Crippen MR) is 67.1 cm³/mol. The van der Waals surface area contributed by atoms with Crippen LogP contribution in [0.15, 0.2) is 27.3 Å². The van der Waals surface area contributed by atoms with Gasteiger partial charge in [0.05, 0.1) is 12.8 Å². The van der Waals surface area contributed by atoms with E-state index in [2.05, 4.69) is 15.0 Å². The highest BCUT2D eigenvalue weighted by Gasteiger charge is 2.21. The summed E-state index contributed by atoms with van der Waals surface area (Å²) >= 11 is 0.